The number of rotatable bonds is 9. The summed E-state index contributed by atoms with van der Waals surface area (Å²) in [6.07, 6.45) is 6.32. The molecule has 0 aliphatic carbocycles. The predicted molar refractivity (Wildman–Crippen MR) is 57.8 cm³/mol. The zero-order chi connectivity index (χ0) is 9.94. The van der Waals surface area contributed by atoms with Crippen molar-refractivity contribution in [2.24, 2.45) is 0 Å². The van der Waals surface area contributed by atoms with E-state index in [0.717, 1.165) is 19.6 Å². The van der Waals surface area contributed by atoms with Crippen molar-refractivity contribution in [2.75, 3.05) is 13.2 Å². The topological polar surface area (TPSA) is 21.3 Å². The summed E-state index contributed by atoms with van der Waals surface area (Å²) in [4.78, 5) is 0. The average molecular weight is 185 g/mol. The van der Waals surface area contributed by atoms with Gasteiger partial charge in [0, 0.05) is 6.04 Å². The van der Waals surface area contributed by atoms with E-state index in [4.69, 9.17) is 4.74 Å². The molecule has 0 aromatic heterocycles. The third kappa shape index (κ3) is 7.85. The van der Waals surface area contributed by atoms with Crippen molar-refractivity contribution in [3.05, 3.63) is 12.8 Å². The van der Waals surface area contributed by atoms with Crippen molar-refractivity contribution in [1.29, 1.82) is 0 Å². The van der Waals surface area contributed by atoms with Gasteiger partial charge in [-0.25, -0.2) is 0 Å². The Morgan fingerprint density at radius 3 is 2.77 bits per heavy atom. The van der Waals surface area contributed by atoms with E-state index in [9.17, 15) is 0 Å². The lowest BCUT2D eigenvalue weighted by Gasteiger charge is -2.15. The largest absolute Gasteiger partial charge is 0.502 e. The van der Waals surface area contributed by atoms with Gasteiger partial charge < -0.3 is 10.1 Å². The minimum absolute atomic E-state index is 0.689. The lowest BCUT2D eigenvalue weighted by atomic mass is 10.1. The normalized spacial score (nSPS) is 12.5. The van der Waals surface area contributed by atoms with Crippen molar-refractivity contribution in [3.63, 3.8) is 0 Å². The molecular weight excluding hydrogens is 162 g/mol. The molecule has 1 unspecified atom stereocenters. The molecule has 0 saturated heterocycles. The lowest BCUT2D eigenvalue weighted by molar-refractivity contribution is 0.242. The van der Waals surface area contributed by atoms with E-state index in [-0.39, 0.29) is 0 Å². The van der Waals surface area contributed by atoms with Crippen LogP contribution in [0.25, 0.3) is 0 Å². The van der Waals surface area contributed by atoms with Gasteiger partial charge in [0.05, 0.1) is 12.9 Å². The first-order valence-corrected chi connectivity index (χ1v) is 5.31. The molecule has 2 nitrogen and oxygen atoms in total. The fourth-order valence-corrected chi connectivity index (χ4v) is 1.34. The molecule has 0 aromatic carbocycles. The SMILES string of the molecule is C=COCCCNC(CC)CCC. The summed E-state index contributed by atoms with van der Waals surface area (Å²) >= 11 is 0. The molecule has 0 spiro atoms. The summed E-state index contributed by atoms with van der Waals surface area (Å²) in [7, 11) is 0. The lowest BCUT2D eigenvalue weighted by Crippen LogP contribution is -2.29. The molecule has 1 atom stereocenters. The Balaban J connectivity index is 3.22. The highest BCUT2D eigenvalue weighted by Gasteiger charge is 2.02. The summed E-state index contributed by atoms with van der Waals surface area (Å²) in [5.74, 6) is 0. The Morgan fingerprint density at radius 2 is 2.23 bits per heavy atom. The molecule has 0 heterocycles. The summed E-state index contributed by atoms with van der Waals surface area (Å²) in [6, 6.07) is 0.689. The highest BCUT2D eigenvalue weighted by Crippen LogP contribution is 2.00. The van der Waals surface area contributed by atoms with Crippen LogP contribution in [0, 0.1) is 0 Å². The predicted octanol–water partition coefficient (Wildman–Crippen LogP) is 2.70. The molecule has 0 radical (unpaired) electrons. The van der Waals surface area contributed by atoms with Crippen LogP contribution in [-0.4, -0.2) is 19.2 Å². The van der Waals surface area contributed by atoms with Gasteiger partial charge in [-0.2, -0.15) is 0 Å². The van der Waals surface area contributed by atoms with Crippen LogP contribution in [0.5, 0.6) is 0 Å². The average Bonchev–Trinajstić information content (AvgIpc) is 2.16. The molecule has 0 fully saturated rings. The fourth-order valence-electron chi connectivity index (χ4n) is 1.34. The van der Waals surface area contributed by atoms with Gasteiger partial charge in [-0.1, -0.05) is 26.8 Å². The maximum Gasteiger partial charge on any atom is 0.0885 e. The minimum atomic E-state index is 0.689. The Morgan fingerprint density at radius 1 is 1.46 bits per heavy atom. The molecule has 0 aromatic rings. The third-order valence-corrected chi connectivity index (χ3v) is 2.12. The standard InChI is InChI=1S/C11H23NO/c1-4-8-11(5-2)12-9-7-10-13-6-3/h6,11-12H,3-5,7-10H2,1-2H3. The van der Waals surface area contributed by atoms with Gasteiger partial charge in [-0.05, 0) is 25.8 Å². The third-order valence-electron chi connectivity index (χ3n) is 2.12. The molecule has 0 bridgehead atoms. The van der Waals surface area contributed by atoms with Crippen LogP contribution in [0.3, 0.4) is 0 Å². The van der Waals surface area contributed by atoms with Crippen molar-refractivity contribution >= 4 is 0 Å². The molecule has 0 amide bonds. The first-order valence-electron chi connectivity index (χ1n) is 5.31. The summed E-state index contributed by atoms with van der Waals surface area (Å²) in [5.41, 5.74) is 0. The highest BCUT2D eigenvalue weighted by atomic mass is 16.5. The van der Waals surface area contributed by atoms with Gasteiger partial charge in [-0.3, -0.25) is 0 Å². The van der Waals surface area contributed by atoms with Crippen LogP contribution in [0.1, 0.15) is 39.5 Å². The maximum absolute atomic E-state index is 5.03. The Kier molecular flexibility index (Phi) is 9.22. The number of nitrogens with one attached hydrogen (secondary N) is 1. The van der Waals surface area contributed by atoms with E-state index >= 15 is 0 Å². The first kappa shape index (κ1) is 12.5. The van der Waals surface area contributed by atoms with Crippen LogP contribution in [-0.2, 0) is 4.74 Å². The number of hydrogen-bond acceptors (Lipinski definition) is 2. The van der Waals surface area contributed by atoms with E-state index in [1.165, 1.54) is 25.5 Å². The van der Waals surface area contributed by atoms with Crippen molar-refractivity contribution in [3.8, 4) is 0 Å². The van der Waals surface area contributed by atoms with Crippen molar-refractivity contribution in [1.82, 2.24) is 5.32 Å². The van der Waals surface area contributed by atoms with Crippen molar-refractivity contribution in [2.45, 2.75) is 45.6 Å². The van der Waals surface area contributed by atoms with Gasteiger partial charge in [-0.15, -0.1) is 0 Å². The molecular formula is C11H23NO. The quantitative estimate of drug-likeness (QED) is 0.440. The van der Waals surface area contributed by atoms with Gasteiger partial charge in [0.15, 0.2) is 0 Å². The monoisotopic (exact) mass is 185 g/mol. The van der Waals surface area contributed by atoms with Crippen LogP contribution < -0.4 is 5.32 Å². The van der Waals surface area contributed by atoms with E-state index in [2.05, 4.69) is 25.7 Å². The Labute approximate surface area is 82.4 Å². The van der Waals surface area contributed by atoms with Gasteiger partial charge in [0.25, 0.3) is 0 Å². The molecule has 0 saturated carbocycles. The minimum Gasteiger partial charge on any atom is -0.502 e. The highest BCUT2D eigenvalue weighted by molar-refractivity contribution is 4.63. The van der Waals surface area contributed by atoms with Crippen LogP contribution in [0.2, 0.25) is 0 Å². The fraction of sp³-hybridized carbons (Fsp3) is 0.818. The molecule has 13 heavy (non-hydrogen) atoms. The summed E-state index contributed by atoms with van der Waals surface area (Å²) < 4.78 is 5.03. The summed E-state index contributed by atoms with van der Waals surface area (Å²) in [5, 5.41) is 3.51. The summed E-state index contributed by atoms with van der Waals surface area (Å²) in [6.45, 7) is 9.78. The Bertz CT molecular complexity index is 115. The number of ether oxygens (including phenoxy) is 1. The zero-order valence-corrected chi connectivity index (χ0v) is 9.01. The first-order chi connectivity index (χ1) is 6.35. The second-order valence-corrected chi connectivity index (χ2v) is 3.24. The maximum atomic E-state index is 5.03. The molecule has 0 rings (SSSR count). The molecule has 0 aliphatic rings. The van der Waals surface area contributed by atoms with E-state index < -0.39 is 0 Å². The second-order valence-electron chi connectivity index (χ2n) is 3.24. The van der Waals surface area contributed by atoms with E-state index in [1.807, 2.05) is 0 Å². The van der Waals surface area contributed by atoms with E-state index in [1.54, 1.807) is 0 Å². The molecule has 0 aliphatic heterocycles. The van der Waals surface area contributed by atoms with Gasteiger partial charge >= 0.3 is 0 Å². The van der Waals surface area contributed by atoms with Crippen LogP contribution >= 0.6 is 0 Å². The van der Waals surface area contributed by atoms with Crippen LogP contribution in [0.15, 0.2) is 12.8 Å². The molecule has 1 N–H and O–H groups in total. The Hall–Kier alpha value is -0.500. The molecule has 2 heteroatoms. The number of hydrogen-bond donors (Lipinski definition) is 1. The smallest absolute Gasteiger partial charge is 0.0885 e. The van der Waals surface area contributed by atoms with Gasteiger partial charge in [0.1, 0.15) is 0 Å². The van der Waals surface area contributed by atoms with Crippen LogP contribution in [0.4, 0.5) is 0 Å². The van der Waals surface area contributed by atoms with Gasteiger partial charge in [0.2, 0.25) is 0 Å². The second kappa shape index (κ2) is 9.59. The zero-order valence-electron chi connectivity index (χ0n) is 9.01. The molecule has 78 valence electrons. The van der Waals surface area contributed by atoms with E-state index in [0.29, 0.717) is 6.04 Å². The van der Waals surface area contributed by atoms with Crippen molar-refractivity contribution < 1.29 is 4.74 Å².